The summed E-state index contributed by atoms with van der Waals surface area (Å²) in [5.74, 6) is 0. The lowest BCUT2D eigenvalue weighted by Crippen LogP contribution is -2.20. The molecule has 0 atom stereocenters. The molecule has 0 aliphatic carbocycles. The molecule has 6 nitrogen and oxygen atoms in total. The Morgan fingerprint density at radius 1 is 0.962 bits per heavy atom. The number of aryl methyl sites for hydroxylation is 3. The highest BCUT2D eigenvalue weighted by molar-refractivity contribution is 5.68. The first kappa shape index (κ1) is 16.2. The van der Waals surface area contributed by atoms with Gasteiger partial charge in [0.25, 0.3) is 5.56 Å². The van der Waals surface area contributed by atoms with Gasteiger partial charge < -0.3 is 0 Å². The first-order valence-electron chi connectivity index (χ1n) is 8.47. The quantitative estimate of drug-likeness (QED) is 0.573. The summed E-state index contributed by atoms with van der Waals surface area (Å²) in [6.07, 6.45) is 1.55. The molecule has 0 aliphatic rings. The highest BCUT2D eigenvalue weighted by Gasteiger charge is 2.14. The third-order valence-electron chi connectivity index (χ3n) is 4.49. The first-order valence-corrected chi connectivity index (χ1v) is 8.47. The van der Waals surface area contributed by atoms with Crippen molar-refractivity contribution in [2.45, 2.75) is 27.3 Å². The van der Waals surface area contributed by atoms with Crippen LogP contribution < -0.4 is 5.56 Å². The molecule has 0 unspecified atom stereocenters. The maximum Gasteiger partial charge on any atom is 0.288 e. The molecule has 0 spiro atoms. The second-order valence-electron chi connectivity index (χ2n) is 6.61. The molecule has 6 heteroatoms. The zero-order valence-corrected chi connectivity index (χ0v) is 15.0. The zero-order chi connectivity index (χ0) is 18.3. The second-order valence-corrected chi connectivity index (χ2v) is 6.61. The van der Waals surface area contributed by atoms with Gasteiger partial charge in [0.2, 0.25) is 0 Å². The smallest absolute Gasteiger partial charge is 0.266 e. The summed E-state index contributed by atoms with van der Waals surface area (Å²) in [6.45, 7) is 6.58. The number of aromatic nitrogens is 5. The van der Waals surface area contributed by atoms with Gasteiger partial charge in [0.05, 0.1) is 12.2 Å². The van der Waals surface area contributed by atoms with Gasteiger partial charge in [-0.3, -0.25) is 9.36 Å². The van der Waals surface area contributed by atoms with Gasteiger partial charge in [-0.2, -0.15) is 0 Å². The van der Waals surface area contributed by atoms with E-state index in [9.17, 15) is 4.79 Å². The van der Waals surface area contributed by atoms with Crippen LogP contribution in [0.2, 0.25) is 0 Å². The Kier molecular flexibility index (Phi) is 3.88. The van der Waals surface area contributed by atoms with Crippen LogP contribution >= 0.6 is 0 Å². The summed E-state index contributed by atoms with van der Waals surface area (Å²) in [5.41, 5.74) is 5.82. The molecule has 0 radical (unpaired) electrons. The monoisotopic (exact) mass is 345 g/mol. The molecule has 4 aromatic rings. The van der Waals surface area contributed by atoms with Crippen molar-refractivity contribution in [1.82, 2.24) is 24.5 Å². The highest BCUT2D eigenvalue weighted by Crippen LogP contribution is 2.15. The van der Waals surface area contributed by atoms with Crippen molar-refractivity contribution < 1.29 is 0 Å². The average molecular weight is 345 g/mol. The van der Waals surface area contributed by atoms with Gasteiger partial charge in [-0.1, -0.05) is 52.7 Å². The molecule has 26 heavy (non-hydrogen) atoms. The Bertz CT molecular complexity index is 1160. The lowest BCUT2D eigenvalue weighted by Gasteiger charge is -2.09. The molecule has 0 amide bonds. The van der Waals surface area contributed by atoms with Crippen molar-refractivity contribution in [1.29, 1.82) is 0 Å². The Labute approximate surface area is 150 Å². The van der Waals surface area contributed by atoms with E-state index in [1.54, 1.807) is 11.0 Å². The Hall–Kier alpha value is -3.28. The normalized spacial score (nSPS) is 11.2. The van der Waals surface area contributed by atoms with Crippen molar-refractivity contribution in [3.63, 3.8) is 0 Å². The van der Waals surface area contributed by atoms with Crippen molar-refractivity contribution in [3.05, 3.63) is 81.4 Å². The van der Waals surface area contributed by atoms with Crippen LogP contribution in [0.3, 0.4) is 0 Å². The van der Waals surface area contributed by atoms with Crippen molar-refractivity contribution in [3.8, 4) is 5.69 Å². The molecule has 0 bridgehead atoms. The van der Waals surface area contributed by atoms with Gasteiger partial charge in [-0.15, -0.1) is 5.10 Å². The molecule has 0 N–H and O–H groups in total. The third-order valence-corrected chi connectivity index (χ3v) is 4.49. The first-order chi connectivity index (χ1) is 12.5. The van der Waals surface area contributed by atoms with Crippen LogP contribution in [-0.4, -0.2) is 24.5 Å². The Morgan fingerprint density at radius 3 is 2.42 bits per heavy atom. The number of hydrogen-bond acceptors (Lipinski definition) is 4. The van der Waals surface area contributed by atoms with E-state index < -0.39 is 0 Å². The van der Waals surface area contributed by atoms with Gasteiger partial charge in [0.1, 0.15) is 6.33 Å². The number of fused-ring (bicyclic) bond motifs is 1. The molecule has 0 fully saturated rings. The Morgan fingerprint density at radius 2 is 1.69 bits per heavy atom. The van der Waals surface area contributed by atoms with E-state index in [0.29, 0.717) is 12.2 Å². The molecule has 2 aromatic heterocycles. The van der Waals surface area contributed by atoms with E-state index >= 15 is 0 Å². The van der Waals surface area contributed by atoms with E-state index in [2.05, 4.69) is 27.4 Å². The topological polar surface area (TPSA) is 65.6 Å². The summed E-state index contributed by atoms with van der Waals surface area (Å²) in [7, 11) is 0. The highest BCUT2D eigenvalue weighted by atomic mass is 16.1. The van der Waals surface area contributed by atoms with E-state index in [1.165, 1.54) is 10.1 Å². The van der Waals surface area contributed by atoms with Crippen LogP contribution in [0.25, 0.3) is 16.9 Å². The van der Waals surface area contributed by atoms with Gasteiger partial charge in [-0.05, 0) is 38.0 Å². The molecular formula is C20H19N5O. The number of nitrogens with zero attached hydrogens (tertiary/aromatic N) is 5. The number of rotatable bonds is 3. The number of benzene rings is 2. The minimum absolute atomic E-state index is 0.211. The second kappa shape index (κ2) is 6.22. The molecule has 2 aromatic carbocycles. The van der Waals surface area contributed by atoms with E-state index in [1.807, 2.05) is 51.1 Å². The minimum atomic E-state index is -0.211. The fourth-order valence-corrected chi connectivity index (χ4v) is 3.07. The molecule has 2 heterocycles. The molecule has 4 rings (SSSR count). The predicted octanol–water partition coefficient (Wildman–Crippen LogP) is 2.95. The maximum atomic E-state index is 12.9. The molecular weight excluding hydrogens is 326 g/mol. The largest absolute Gasteiger partial charge is 0.288 e. The van der Waals surface area contributed by atoms with Gasteiger partial charge in [0.15, 0.2) is 11.2 Å². The summed E-state index contributed by atoms with van der Waals surface area (Å²) >= 11 is 0. The van der Waals surface area contributed by atoms with Gasteiger partial charge >= 0.3 is 0 Å². The fraction of sp³-hybridized carbons (Fsp3) is 0.200. The molecule has 0 aliphatic heterocycles. The van der Waals surface area contributed by atoms with Crippen LogP contribution in [0.4, 0.5) is 0 Å². The summed E-state index contributed by atoms with van der Waals surface area (Å²) in [6, 6.07) is 14.1. The molecule has 130 valence electrons. The van der Waals surface area contributed by atoms with Gasteiger partial charge in [0, 0.05) is 0 Å². The van der Waals surface area contributed by atoms with Crippen LogP contribution in [0, 0.1) is 20.8 Å². The minimum Gasteiger partial charge on any atom is -0.266 e. The standard InChI is InChI=1S/C20H19N5O/c1-13-4-7-16(8-5-13)11-25-19-18(22-23-25)20(26)24(12-21-19)17-9-6-14(2)10-15(17)3/h4-10,12H,11H2,1-3H3. The van der Waals surface area contributed by atoms with E-state index in [4.69, 9.17) is 0 Å². The lowest BCUT2D eigenvalue weighted by atomic mass is 10.1. The third kappa shape index (κ3) is 2.79. The Balaban J connectivity index is 1.78. The SMILES string of the molecule is Cc1ccc(Cn2nnc3c(=O)n(-c4ccc(C)cc4C)cnc32)cc1. The van der Waals surface area contributed by atoms with Crippen LogP contribution in [0.5, 0.6) is 0 Å². The fourth-order valence-electron chi connectivity index (χ4n) is 3.07. The van der Waals surface area contributed by atoms with Gasteiger partial charge in [-0.25, -0.2) is 9.67 Å². The summed E-state index contributed by atoms with van der Waals surface area (Å²) in [4.78, 5) is 17.3. The van der Waals surface area contributed by atoms with Crippen LogP contribution in [-0.2, 0) is 6.54 Å². The number of hydrogen-bond donors (Lipinski definition) is 0. The molecule has 0 saturated heterocycles. The van der Waals surface area contributed by atoms with E-state index in [-0.39, 0.29) is 11.1 Å². The van der Waals surface area contributed by atoms with Crippen LogP contribution in [0.15, 0.2) is 53.6 Å². The van der Waals surface area contributed by atoms with Crippen molar-refractivity contribution in [2.75, 3.05) is 0 Å². The van der Waals surface area contributed by atoms with Crippen LogP contribution in [0.1, 0.15) is 22.3 Å². The molecule has 0 saturated carbocycles. The zero-order valence-electron chi connectivity index (χ0n) is 15.0. The predicted molar refractivity (Wildman–Crippen MR) is 101 cm³/mol. The summed E-state index contributed by atoms with van der Waals surface area (Å²) < 4.78 is 3.19. The average Bonchev–Trinajstić information content (AvgIpc) is 3.02. The summed E-state index contributed by atoms with van der Waals surface area (Å²) in [5, 5.41) is 8.22. The lowest BCUT2D eigenvalue weighted by molar-refractivity contribution is 0.663. The van der Waals surface area contributed by atoms with Crippen molar-refractivity contribution >= 4 is 11.2 Å². The van der Waals surface area contributed by atoms with Crippen molar-refractivity contribution in [2.24, 2.45) is 0 Å². The van der Waals surface area contributed by atoms with E-state index in [0.717, 1.165) is 22.4 Å². The maximum absolute atomic E-state index is 12.9.